The standard InChI is InChI=1S/C20H29N3O4/c1-16-13-23(19(24)25)12-11-22(16)14-17-7-9-21(10-8-17)20(26)27-15-18-5-3-2-4-6-18/h2-6,16-17H,7-15H2,1H3,(H,24,25)/t16-/m0/s1. The molecule has 3 rings (SSSR count). The Hall–Kier alpha value is -2.28. The van der Waals surface area contributed by atoms with Crippen LogP contribution in [0.15, 0.2) is 30.3 Å². The van der Waals surface area contributed by atoms with Gasteiger partial charge in [-0.1, -0.05) is 30.3 Å². The second-order valence-electron chi connectivity index (χ2n) is 7.54. The fourth-order valence-electron chi connectivity index (χ4n) is 3.88. The van der Waals surface area contributed by atoms with E-state index in [2.05, 4.69) is 11.8 Å². The van der Waals surface area contributed by atoms with Crippen molar-refractivity contribution in [1.29, 1.82) is 0 Å². The van der Waals surface area contributed by atoms with Gasteiger partial charge in [-0.25, -0.2) is 9.59 Å². The van der Waals surface area contributed by atoms with E-state index < -0.39 is 6.09 Å². The molecule has 0 bridgehead atoms. The molecule has 0 aromatic heterocycles. The van der Waals surface area contributed by atoms with Gasteiger partial charge in [0, 0.05) is 45.3 Å². The lowest BCUT2D eigenvalue weighted by molar-refractivity contribution is 0.0501. The molecule has 7 nitrogen and oxygen atoms in total. The van der Waals surface area contributed by atoms with E-state index in [4.69, 9.17) is 9.84 Å². The Bertz CT molecular complexity index is 631. The highest BCUT2D eigenvalue weighted by Gasteiger charge is 2.30. The summed E-state index contributed by atoms with van der Waals surface area (Å²) in [6, 6.07) is 9.95. The number of piperidine rings is 1. The van der Waals surface area contributed by atoms with Crippen LogP contribution in [0.1, 0.15) is 25.3 Å². The van der Waals surface area contributed by atoms with E-state index in [-0.39, 0.29) is 12.1 Å². The number of likely N-dealkylation sites (tertiary alicyclic amines) is 1. The van der Waals surface area contributed by atoms with Gasteiger partial charge >= 0.3 is 12.2 Å². The molecule has 0 radical (unpaired) electrons. The second-order valence-corrected chi connectivity index (χ2v) is 7.54. The lowest BCUT2D eigenvalue weighted by atomic mass is 9.95. The maximum absolute atomic E-state index is 12.3. The van der Waals surface area contributed by atoms with Crippen molar-refractivity contribution in [2.75, 3.05) is 39.3 Å². The molecule has 1 aromatic carbocycles. The Morgan fingerprint density at radius 3 is 2.41 bits per heavy atom. The van der Waals surface area contributed by atoms with Crippen molar-refractivity contribution in [3.63, 3.8) is 0 Å². The summed E-state index contributed by atoms with van der Waals surface area (Å²) in [5.41, 5.74) is 0.996. The van der Waals surface area contributed by atoms with Gasteiger partial charge in [-0.2, -0.15) is 0 Å². The molecule has 7 heteroatoms. The molecule has 2 saturated heterocycles. The number of rotatable bonds is 4. The van der Waals surface area contributed by atoms with Crippen molar-refractivity contribution >= 4 is 12.2 Å². The first-order chi connectivity index (χ1) is 13.0. The molecule has 2 aliphatic rings. The van der Waals surface area contributed by atoms with Gasteiger partial charge in [0.25, 0.3) is 0 Å². The minimum atomic E-state index is -0.830. The SMILES string of the molecule is C[C@H]1CN(C(=O)O)CCN1CC1CCN(C(=O)OCc2ccccc2)CC1. The van der Waals surface area contributed by atoms with Gasteiger partial charge in [0.05, 0.1) is 0 Å². The van der Waals surface area contributed by atoms with Gasteiger partial charge in [0.2, 0.25) is 0 Å². The predicted molar refractivity (Wildman–Crippen MR) is 102 cm³/mol. The summed E-state index contributed by atoms with van der Waals surface area (Å²) in [5, 5.41) is 9.12. The van der Waals surface area contributed by atoms with Crippen molar-refractivity contribution in [2.45, 2.75) is 32.4 Å². The fourth-order valence-corrected chi connectivity index (χ4v) is 3.88. The average Bonchev–Trinajstić information content (AvgIpc) is 2.69. The molecular weight excluding hydrogens is 346 g/mol. The first-order valence-electron chi connectivity index (χ1n) is 9.70. The van der Waals surface area contributed by atoms with Crippen molar-refractivity contribution in [1.82, 2.24) is 14.7 Å². The van der Waals surface area contributed by atoms with Crippen molar-refractivity contribution in [3.8, 4) is 0 Å². The van der Waals surface area contributed by atoms with E-state index >= 15 is 0 Å². The second kappa shape index (κ2) is 9.08. The number of carbonyl (C=O) groups excluding carboxylic acids is 1. The highest BCUT2D eigenvalue weighted by molar-refractivity contribution is 5.67. The maximum Gasteiger partial charge on any atom is 0.410 e. The van der Waals surface area contributed by atoms with Crippen molar-refractivity contribution in [3.05, 3.63) is 35.9 Å². The van der Waals surface area contributed by atoms with E-state index in [1.54, 1.807) is 4.90 Å². The average molecular weight is 375 g/mol. The highest BCUT2D eigenvalue weighted by atomic mass is 16.6. The number of nitrogens with zero attached hydrogens (tertiary/aromatic N) is 3. The molecule has 2 amide bonds. The minimum Gasteiger partial charge on any atom is -0.465 e. The Morgan fingerprint density at radius 2 is 1.78 bits per heavy atom. The van der Waals surface area contributed by atoms with Crippen LogP contribution in [-0.2, 0) is 11.3 Å². The van der Waals surface area contributed by atoms with Gasteiger partial charge in [0.1, 0.15) is 6.61 Å². The number of amides is 2. The summed E-state index contributed by atoms with van der Waals surface area (Å²) >= 11 is 0. The number of carboxylic acid groups (broad SMARTS) is 1. The van der Waals surface area contributed by atoms with Crippen LogP contribution < -0.4 is 0 Å². The Labute approximate surface area is 160 Å². The first kappa shape index (κ1) is 19.5. The summed E-state index contributed by atoms with van der Waals surface area (Å²) in [7, 11) is 0. The summed E-state index contributed by atoms with van der Waals surface area (Å²) in [5.74, 6) is 0.544. The molecule has 0 saturated carbocycles. The molecule has 27 heavy (non-hydrogen) atoms. The zero-order valence-corrected chi connectivity index (χ0v) is 15.9. The molecule has 2 heterocycles. The van der Waals surface area contributed by atoms with Crippen LogP contribution in [-0.4, -0.2) is 77.3 Å². The Balaban J connectivity index is 1.38. The lowest BCUT2D eigenvalue weighted by Crippen LogP contribution is -2.54. The zero-order chi connectivity index (χ0) is 19.2. The van der Waals surface area contributed by atoms with Crippen molar-refractivity contribution < 1.29 is 19.4 Å². The number of carbonyl (C=O) groups is 2. The molecule has 2 fully saturated rings. The summed E-state index contributed by atoms with van der Waals surface area (Å²) in [6.07, 6.45) is 0.864. The molecule has 0 aliphatic carbocycles. The first-order valence-corrected chi connectivity index (χ1v) is 9.70. The number of benzene rings is 1. The van der Waals surface area contributed by atoms with Gasteiger partial charge in [-0.15, -0.1) is 0 Å². The monoisotopic (exact) mass is 375 g/mol. The Morgan fingerprint density at radius 1 is 1.07 bits per heavy atom. The predicted octanol–water partition coefficient (Wildman–Crippen LogP) is 2.72. The van der Waals surface area contributed by atoms with Crippen LogP contribution in [0.4, 0.5) is 9.59 Å². The minimum absolute atomic E-state index is 0.235. The maximum atomic E-state index is 12.3. The molecule has 0 spiro atoms. The number of piperazine rings is 1. The molecule has 1 N–H and O–H groups in total. The van der Waals surface area contributed by atoms with Crippen LogP contribution >= 0.6 is 0 Å². The smallest absolute Gasteiger partial charge is 0.410 e. The van der Waals surface area contributed by atoms with Crippen LogP contribution in [0.3, 0.4) is 0 Å². The van der Waals surface area contributed by atoms with Gasteiger partial charge in [-0.05, 0) is 31.2 Å². The lowest BCUT2D eigenvalue weighted by Gasteiger charge is -2.41. The largest absolute Gasteiger partial charge is 0.465 e. The van der Waals surface area contributed by atoms with E-state index in [0.29, 0.717) is 25.6 Å². The van der Waals surface area contributed by atoms with Crippen LogP contribution in [0.5, 0.6) is 0 Å². The topological polar surface area (TPSA) is 73.3 Å². The Kier molecular flexibility index (Phi) is 6.55. The van der Waals surface area contributed by atoms with E-state index in [9.17, 15) is 9.59 Å². The van der Waals surface area contributed by atoms with Crippen LogP contribution in [0, 0.1) is 5.92 Å². The quantitative estimate of drug-likeness (QED) is 0.876. The molecule has 1 atom stereocenters. The number of hydrogen-bond donors (Lipinski definition) is 1. The molecule has 1 aromatic rings. The fraction of sp³-hybridized carbons (Fsp3) is 0.600. The number of ether oxygens (including phenoxy) is 1. The highest BCUT2D eigenvalue weighted by Crippen LogP contribution is 2.21. The molecule has 2 aliphatic heterocycles. The van der Waals surface area contributed by atoms with Crippen LogP contribution in [0.2, 0.25) is 0 Å². The van der Waals surface area contributed by atoms with Gasteiger partial charge < -0.3 is 19.6 Å². The molecule has 0 unspecified atom stereocenters. The summed E-state index contributed by atoms with van der Waals surface area (Å²) in [4.78, 5) is 29.0. The van der Waals surface area contributed by atoms with E-state index in [1.165, 1.54) is 4.90 Å². The molecule has 148 valence electrons. The normalized spacial score (nSPS) is 21.9. The summed E-state index contributed by atoms with van der Waals surface area (Å²) < 4.78 is 5.42. The zero-order valence-electron chi connectivity index (χ0n) is 15.9. The molecular formula is C20H29N3O4. The third kappa shape index (κ3) is 5.35. The van der Waals surface area contributed by atoms with E-state index in [0.717, 1.165) is 44.6 Å². The van der Waals surface area contributed by atoms with Crippen LogP contribution in [0.25, 0.3) is 0 Å². The van der Waals surface area contributed by atoms with Crippen molar-refractivity contribution in [2.24, 2.45) is 5.92 Å². The third-order valence-corrected chi connectivity index (χ3v) is 5.61. The summed E-state index contributed by atoms with van der Waals surface area (Å²) in [6.45, 7) is 6.75. The van der Waals surface area contributed by atoms with Gasteiger partial charge in [-0.3, -0.25) is 4.90 Å². The van der Waals surface area contributed by atoms with E-state index in [1.807, 2.05) is 30.3 Å². The van der Waals surface area contributed by atoms with Gasteiger partial charge in [0.15, 0.2) is 0 Å². The number of hydrogen-bond acceptors (Lipinski definition) is 4. The third-order valence-electron chi connectivity index (χ3n) is 5.61.